The second-order valence-corrected chi connectivity index (χ2v) is 17.6. The zero-order chi connectivity index (χ0) is 42.8. The van der Waals surface area contributed by atoms with Crippen molar-refractivity contribution in [2.75, 3.05) is 0 Å². The van der Waals surface area contributed by atoms with Gasteiger partial charge in [0.1, 0.15) is 0 Å². The molecule has 0 atom stereocenters. The normalized spacial score (nSPS) is 11.8. The minimum Gasteiger partial charge on any atom is -0.335 e. The van der Waals surface area contributed by atoms with E-state index in [1.807, 2.05) is 12.1 Å². The molecule has 0 amide bonds. The van der Waals surface area contributed by atoms with Gasteiger partial charge >= 0.3 is 0 Å². The number of hydrogen-bond acceptors (Lipinski definition) is 1. The van der Waals surface area contributed by atoms with Gasteiger partial charge in [-0.15, -0.1) is 0 Å². The molecule has 0 saturated carbocycles. The molecule has 0 spiro atoms. The largest absolute Gasteiger partial charge is 0.335 e. The quantitative estimate of drug-likeness (QED) is 0.164. The summed E-state index contributed by atoms with van der Waals surface area (Å²) in [6.45, 7) is 45.1. The highest BCUT2D eigenvalue weighted by Gasteiger charge is 2.28. The molecule has 8 rings (SSSR count). The van der Waals surface area contributed by atoms with Crippen LogP contribution in [-0.4, -0.2) is 9.13 Å². The van der Waals surface area contributed by atoms with E-state index in [0.29, 0.717) is 17.8 Å². The van der Waals surface area contributed by atoms with Crippen LogP contribution in [0.25, 0.3) is 65.3 Å². The number of nitriles is 1. The number of hydrogen-bond donors (Lipinski definition) is 0. The molecule has 4 nitrogen and oxygen atoms in total. The molecule has 0 bridgehead atoms. The predicted molar refractivity (Wildman–Crippen MR) is 252 cm³/mol. The van der Waals surface area contributed by atoms with E-state index in [1.54, 1.807) is 0 Å². The standard InChI is InChI=1S/C55H56N4/c1-26-30(5)38(13)52-48(34(26)9)49-35(10)27(2)31(6)39(14)53(49)58(52)25-43-19-20-44(57-17)23-45(43)46-22-42(24-56)18-21-47(46)59-54-40(15)32(7)28(3)36(11)50(54)51-37(12)29(4)33(8)41(16)55(51)59/h18-23H,25H2,1-16H3. The molecule has 2 aromatic heterocycles. The zero-order valence-electron chi connectivity index (χ0n) is 38.0. The Morgan fingerprint density at radius 1 is 0.458 bits per heavy atom. The maximum atomic E-state index is 10.5. The van der Waals surface area contributed by atoms with Crippen LogP contribution < -0.4 is 0 Å². The maximum Gasteiger partial charge on any atom is 0.187 e. The minimum absolute atomic E-state index is 0.579. The Morgan fingerprint density at radius 2 is 0.847 bits per heavy atom. The Kier molecular flexibility index (Phi) is 9.25. The van der Waals surface area contributed by atoms with Crippen LogP contribution in [0.5, 0.6) is 0 Å². The summed E-state index contributed by atoms with van der Waals surface area (Å²) >= 11 is 0. The lowest BCUT2D eigenvalue weighted by molar-refractivity contribution is 0.862. The summed E-state index contributed by atoms with van der Waals surface area (Å²) in [7, 11) is 0. The van der Waals surface area contributed by atoms with E-state index in [2.05, 4.69) is 155 Å². The Labute approximate surface area is 350 Å². The van der Waals surface area contributed by atoms with Crippen LogP contribution in [0.2, 0.25) is 0 Å². The van der Waals surface area contributed by atoms with Gasteiger partial charge in [-0.25, -0.2) is 4.85 Å². The van der Waals surface area contributed by atoms with Gasteiger partial charge in [0.25, 0.3) is 0 Å². The fraction of sp³-hybridized carbons (Fsp3) is 0.309. The molecule has 0 aliphatic heterocycles. The predicted octanol–water partition coefficient (Wildman–Crippen LogP) is 15.0. The molecular formula is C55H56N4. The van der Waals surface area contributed by atoms with Crippen molar-refractivity contribution in [3.05, 3.63) is 148 Å². The molecule has 4 heteroatoms. The van der Waals surface area contributed by atoms with Crippen LogP contribution in [0.3, 0.4) is 0 Å². The van der Waals surface area contributed by atoms with Crippen LogP contribution in [0.1, 0.15) is 100 Å². The fourth-order valence-corrected chi connectivity index (χ4v) is 10.5. The smallest absolute Gasteiger partial charge is 0.187 e. The van der Waals surface area contributed by atoms with Crippen molar-refractivity contribution < 1.29 is 0 Å². The molecule has 0 aliphatic rings. The first-order valence-corrected chi connectivity index (χ1v) is 20.9. The van der Waals surface area contributed by atoms with Gasteiger partial charge in [0.2, 0.25) is 0 Å². The highest BCUT2D eigenvalue weighted by Crippen LogP contribution is 2.47. The lowest BCUT2D eigenvalue weighted by atomic mass is 9.90. The van der Waals surface area contributed by atoms with E-state index in [0.717, 1.165) is 22.4 Å². The first-order chi connectivity index (χ1) is 27.9. The lowest BCUT2D eigenvalue weighted by Crippen LogP contribution is -2.07. The Morgan fingerprint density at radius 3 is 1.25 bits per heavy atom. The molecule has 59 heavy (non-hydrogen) atoms. The van der Waals surface area contributed by atoms with Crippen molar-refractivity contribution in [3.8, 4) is 22.9 Å². The summed E-state index contributed by atoms with van der Waals surface area (Å²) in [4.78, 5) is 3.99. The second-order valence-electron chi connectivity index (χ2n) is 17.6. The number of fused-ring (bicyclic) bond motifs is 6. The van der Waals surface area contributed by atoms with Crippen molar-refractivity contribution in [2.45, 2.75) is 117 Å². The van der Waals surface area contributed by atoms with E-state index in [1.165, 1.54) is 133 Å². The molecule has 0 unspecified atom stereocenters. The Balaban J connectivity index is 1.55. The topological polar surface area (TPSA) is 38.0 Å². The minimum atomic E-state index is 0.579. The fourth-order valence-electron chi connectivity index (χ4n) is 10.5. The number of nitrogens with zero attached hydrogens (tertiary/aromatic N) is 4. The highest BCUT2D eigenvalue weighted by molar-refractivity contribution is 6.17. The molecule has 296 valence electrons. The molecule has 6 aromatic carbocycles. The lowest BCUT2D eigenvalue weighted by Gasteiger charge is -2.22. The first kappa shape index (κ1) is 39.7. The Hall–Kier alpha value is -6.10. The summed E-state index contributed by atoms with van der Waals surface area (Å²) in [6, 6.07) is 14.8. The average molecular weight is 773 g/mol. The highest BCUT2D eigenvalue weighted by atomic mass is 15.0. The van der Waals surface area contributed by atoms with Gasteiger partial charge in [0, 0.05) is 33.7 Å². The molecule has 0 radical (unpaired) electrons. The summed E-state index contributed by atoms with van der Waals surface area (Å²) in [6.07, 6.45) is 0. The first-order valence-electron chi connectivity index (χ1n) is 20.9. The van der Waals surface area contributed by atoms with Gasteiger partial charge < -0.3 is 9.13 Å². The maximum absolute atomic E-state index is 10.5. The van der Waals surface area contributed by atoms with Crippen molar-refractivity contribution in [1.29, 1.82) is 5.26 Å². The van der Waals surface area contributed by atoms with Crippen molar-refractivity contribution in [2.24, 2.45) is 0 Å². The third-order valence-electron chi connectivity index (χ3n) is 15.3. The van der Waals surface area contributed by atoms with Crippen LogP contribution in [-0.2, 0) is 6.54 Å². The number of aryl methyl sites for hydroxylation is 8. The average Bonchev–Trinajstić information content (AvgIpc) is 3.77. The van der Waals surface area contributed by atoms with Crippen molar-refractivity contribution in [3.63, 3.8) is 0 Å². The van der Waals surface area contributed by atoms with E-state index < -0.39 is 0 Å². The monoisotopic (exact) mass is 772 g/mol. The Bertz CT molecular complexity index is 3150. The molecule has 0 fully saturated rings. The molecule has 2 heterocycles. The van der Waals surface area contributed by atoms with Gasteiger partial charge in [-0.05, 0) is 235 Å². The van der Waals surface area contributed by atoms with Crippen LogP contribution in [0, 0.1) is 129 Å². The molecule has 0 N–H and O–H groups in total. The van der Waals surface area contributed by atoms with Gasteiger partial charge in [0.15, 0.2) is 5.69 Å². The van der Waals surface area contributed by atoms with E-state index >= 15 is 0 Å². The third kappa shape index (κ3) is 5.32. The molecule has 0 aliphatic carbocycles. The number of aromatic nitrogens is 2. The molecule has 0 saturated heterocycles. The number of benzene rings is 6. The summed E-state index contributed by atoms with van der Waals surface area (Å²) in [5, 5.41) is 15.8. The molecular weight excluding hydrogens is 717 g/mol. The second kappa shape index (κ2) is 13.7. The van der Waals surface area contributed by atoms with Crippen LogP contribution >= 0.6 is 0 Å². The SMILES string of the molecule is [C-]#[N+]c1ccc(Cn2c3c(C)c(C)c(C)c(C)c3c3c(C)c(C)c(C)c(C)c32)c(-c2cc(C#N)ccc2-n2c3c(C)c(C)c(C)c(C)c3c3c(C)c(C)c(C)c(C)c32)c1. The molecule has 8 aromatic rings. The van der Waals surface area contributed by atoms with Crippen LogP contribution in [0.15, 0.2) is 36.4 Å². The van der Waals surface area contributed by atoms with Crippen molar-refractivity contribution in [1.82, 2.24) is 9.13 Å². The van der Waals surface area contributed by atoms with Crippen molar-refractivity contribution >= 4 is 49.3 Å². The summed E-state index contributed by atoms with van der Waals surface area (Å²) < 4.78 is 5.07. The number of rotatable bonds is 4. The van der Waals surface area contributed by atoms with E-state index in [4.69, 9.17) is 6.57 Å². The van der Waals surface area contributed by atoms with Gasteiger partial charge in [-0.3, -0.25) is 0 Å². The van der Waals surface area contributed by atoms with E-state index in [-0.39, 0.29) is 0 Å². The van der Waals surface area contributed by atoms with Crippen LogP contribution in [0.4, 0.5) is 5.69 Å². The van der Waals surface area contributed by atoms with Gasteiger partial charge in [-0.1, -0.05) is 12.1 Å². The zero-order valence-corrected chi connectivity index (χ0v) is 38.0. The summed E-state index contributed by atoms with van der Waals surface area (Å²) in [5.41, 5.74) is 31.2. The summed E-state index contributed by atoms with van der Waals surface area (Å²) in [5.74, 6) is 0. The van der Waals surface area contributed by atoms with Gasteiger partial charge in [0.05, 0.1) is 46.0 Å². The van der Waals surface area contributed by atoms with Gasteiger partial charge in [-0.2, -0.15) is 5.26 Å². The van der Waals surface area contributed by atoms with E-state index in [9.17, 15) is 5.26 Å². The third-order valence-corrected chi connectivity index (χ3v) is 15.3.